The first kappa shape index (κ1) is 29.2. The summed E-state index contributed by atoms with van der Waals surface area (Å²) in [6.07, 6.45) is 1.49. The van der Waals surface area contributed by atoms with E-state index < -0.39 is 16.8 Å². The predicted molar refractivity (Wildman–Crippen MR) is 161 cm³/mol. The van der Waals surface area contributed by atoms with Crippen LogP contribution in [-0.2, 0) is 15.6 Å². The first-order valence-electron chi connectivity index (χ1n) is 13.3. The fourth-order valence-corrected chi connectivity index (χ4v) is 7.54. The van der Waals surface area contributed by atoms with Gasteiger partial charge in [0.1, 0.15) is 0 Å². The molecule has 0 radical (unpaired) electrons. The number of hydrogen-bond donors (Lipinski definition) is 1. The van der Waals surface area contributed by atoms with Crippen molar-refractivity contribution in [1.82, 2.24) is 9.80 Å². The highest BCUT2D eigenvalue weighted by Crippen LogP contribution is 2.50. The summed E-state index contributed by atoms with van der Waals surface area (Å²) in [5.74, 6) is -1.08. The lowest BCUT2D eigenvalue weighted by Crippen LogP contribution is -2.60. The van der Waals surface area contributed by atoms with E-state index in [1.54, 1.807) is 29.2 Å². The van der Waals surface area contributed by atoms with Gasteiger partial charge in [-0.05, 0) is 67.7 Å². The highest BCUT2D eigenvalue weighted by molar-refractivity contribution is 6.42. The van der Waals surface area contributed by atoms with Crippen molar-refractivity contribution in [3.05, 3.63) is 104 Å². The Kier molecular flexibility index (Phi) is 8.43. The zero-order valence-electron chi connectivity index (χ0n) is 22.0. The maximum atomic E-state index is 13.8. The number of carbonyl (C=O) groups is 2. The van der Waals surface area contributed by atoms with E-state index in [0.29, 0.717) is 59.0 Å². The number of nitrogens with zero attached hydrogens (tertiary/aromatic N) is 2. The first-order chi connectivity index (χ1) is 19.1. The number of aliphatic carboxylic acids is 1. The van der Waals surface area contributed by atoms with E-state index in [4.69, 9.17) is 46.4 Å². The molecule has 0 saturated carbocycles. The summed E-state index contributed by atoms with van der Waals surface area (Å²) in [7, 11) is 0. The molecular formula is C31H30Cl4N2O3. The highest BCUT2D eigenvalue weighted by Gasteiger charge is 2.56. The smallest absolute Gasteiger partial charge is 0.314 e. The van der Waals surface area contributed by atoms with Gasteiger partial charge in [-0.15, -0.1) is 0 Å². The molecule has 5 rings (SSSR count). The topological polar surface area (TPSA) is 60.9 Å². The monoisotopic (exact) mass is 618 g/mol. The Bertz CT molecular complexity index is 1420. The molecule has 5 nitrogen and oxygen atoms in total. The summed E-state index contributed by atoms with van der Waals surface area (Å²) in [5, 5.41) is 12.2. The van der Waals surface area contributed by atoms with Crippen molar-refractivity contribution < 1.29 is 14.7 Å². The zero-order chi connectivity index (χ0) is 28.7. The van der Waals surface area contributed by atoms with Gasteiger partial charge >= 0.3 is 5.97 Å². The number of piperidine rings is 1. The number of halogens is 4. The van der Waals surface area contributed by atoms with E-state index in [1.807, 2.05) is 42.5 Å². The molecule has 0 spiro atoms. The molecule has 0 aromatic heterocycles. The zero-order valence-corrected chi connectivity index (χ0v) is 25.1. The van der Waals surface area contributed by atoms with Crippen LogP contribution in [0, 0.1) is 0 Å². The third-order valence-corrected chi connectivity index (χ3v) is 10.2. The molecule has 1 N–H and O–H groups in total. The van der Waals surface area contributed by atoms with Crippen LogP contribution in [0.3, 0.4) is 0 Å². The molecule has 2 aliphatic heterocycles. The summed E-state index contributed by atoms with van der Waals surface area (Å²) < 4.78 is 0. The van der Waals surface area contributed by atoms with Crippen LogP contribution >= 0.6 is 46.4 Å². The molecule has 0 bridgehead atoms. The first-order valence-corrected chi connectivity index (χ1v) is 14.9. The fraction of sp³-hybridized carbons (Fsp3) is 0.355. The summed E-state index contributed by atoms with van der Waals surface area (Å²) in [5.41, 5.74) is 0.325. The maximum Gasteiger partial charge on any atom is 0.314 e. The summed E-state index contributed by atoms with van der Waals surface area (Å²) in [6, 6.07) is 19.9. The average Bonchev–Trinajstić information content (AvgIpc) is 3.41. The van der Waals surface area contributed by atoms with Crippen molar-refractivity contribution in [2.45, 2.75) is 43.1 Å². The molecule has 2 saturated heterocycles. The Morgan fingerprint density at radius 1 is 0.850 bits per heavy atom. The van der Waals surface area contributed by atoms with Crippen molar-refractivity contribution in [1.29, 1.82) is 0 Å². The van der Waals surface area contributed by atoms with Crippen molar-refractivity contribution in [2.24, 2.45) is 0 Å². The van der Waals surface area contributed by atoms with Crippen molar-refractivity contribution >= 4 is 58.3 Å². The normalized spacial score (nSPS) is 25.2. The van der Waals surface area contributed by atoms with Gasteiger partial charge in [-0.1, -0.05) is 95.8 Å². The molecule has 3 atom stereocenters. The van der Waals surface area contributed by atoms with E-state index in [9.17, 15) is 14.7 Å². The second kappa shape index (κ2) is 11.5. The summed E-state index contributed by atoms with van der Waals surface area (Å²) in [4.78, 5) is 31.0. The number of carboxylic acids is 1. The van der Waals surface area contributed by atoms with E-state index >= 15 is 0 Å². The molecule has 3 unspecified atom stereocenters. The molecule has 3 aromatic carbocycles. The lowest BCUT2D eigenvalue weighted by Gasteiger charge is -2.52. The van der Waals surface area contributed by atoms with Crippen molar-refractivity contribution in [2.75, 3.05) is 26.2 Å². The lowest BCUT2D eigenvalue weighted by atomic mass is 9.62. The third-order valence-electron chi connectivity index (χ3n) is 8.85. The van der Waals surface area contributed by atoms with Crippen LogP contribution in [0.2, 0.25) is 20.1 Å². The predicted octanol–water partition coefficient (Wildman–Crippen LogP) is 7.59. The number of likely N-dealkylation sites (tertiary alicyclic amines) is 2. The van der Waals surface area contributed by atoms with Crippen LogP contribution in [0.1, 0.15) is 47.7 Å². The minimum atomic E-state index is -1.07. The Morgan fingerprint density at radius 2 is 1.55 bits per heavy atom. The van der Waals surface area contributed by atoms with Crippen LogP contribution < -0.4 is 0 Å². The Hall–Kier alpha value is -2.28. The van der Waals surface area contributed by atoms with Gasteiger partial charge in [0.25, 0.3) is 5.91 Å². The minimum absolute atomic E-state index is 0.195. The SMILES string of the molecule is CCN1CCC(C(=O)O)(c2ccccc2)CC1C1(c2ccc(Cl)c(Cl)c2)CCN(C(=O)c2c(Cl)cccc2Cl)C1. The molecule has 40 heavy (non-hydrogen) atoms. The largest absolute Gasteiger partial charge is 0.481 e. The van der Waals surface area contributed by atoms with Gasteiger partial charge in [0.05, 0.1) is 31.1 Å². The second-order valence-corrected chi connectivity index (χ2v) is 12.3. The second-order valence-electron chi connectivity index (χ2n) is 10.7. The van der Waals surface area contributed by atoms with E-state index in [-0.39, 0.29) is 17.5 Å². The van der Waals surface area contributed by atoms with Gasteiger partial charge in [0.2, 0.25) is 0 Å². The van der Waals surface area contributed by atoms with Gasteiger partial charge in [-0.2, -0.15) is 0 Å². The molecular weight excluding hydrogens is 590 g/mol. The standard InChI is InChI=1S/C31H30Cl4N2O3/c1-2-36-15-13-30(29(39)40,20-7-4-3-5-8-20)18-26(36)31(21-11-12-22(32)25(35)17-21)14-16-37(19-31)28(38)27-23(33)9-6-10-24(27)34/h3-12,17,26H,2,13-16,18-19H2,1H3,(H,39,40). The van der Waals surface area contributed by atoms with Gasteiger partial charge in [0, 0.05) is 24.5 Å². The van der Waals surface area contributed by atoms with Gasteiger partial charge in [0.15, 0.2) is 0 Å². The van der Waals surface area contributed by atoms with Gasteiger partial charge in [-0.3, -0.25) is 14.5 Å². The minimum Gasteiger partial charge on any atom is -0.481 e. The number of carboxylic acid groups (broad SMARTS) is 1. The quantitative estimate of drug-likeness (QED) is 0.309. The number of likely N-dealkylation sites (N-methyl/N-ethyl adjacent to an activating group) is 1. The molecule has 0 aliphatic carbocycles. The van der Waals surface area contributed by atoms with E-state index in [1.165, 1.54) is 0 Å². The Balaban J connectivity index is 1.63. The Morgan fingerprint density at radius 3 is 2.17 bits per heavy atom. The van der Waals surface area contributed by atoms with Crippen LogP contribution in [0.25, 0.3) is 0 Å². The van der Waals surface area contributed by atoms with E-state index in [0.717, 1.165) is 17.7 Å². The highest BCUT2D eigenvalue weighted by atomic mass is 35.5. The molecule has 2 fully saturated rings. The molecule has 3 aromatic rings. The third kappa shape index (κ3) is 5.01. The number of carbonyl (C=O) groups excluding carboxylic acids is 1. The number of rotatable bonds is 6. The number of amides is 1. The van der Waals surface area contributed by atoms with E-state index in [2.05, 4.69) is 11.8 Å². The molecule has 2 aliphatic rings. The average molecular weight is 620 g/mol. The van der Waals surface area contributed by atoms with Gasteiger partial charge in [-0.25, -0.2) is 0 Å². The molecule has 210 valence electrons. The van der Waals surface area contributed by atoms with Crippen LogP contribution in [0.15, 0.2) is 66.7 Å². The van der Waals surface area contributed by atoms with Crippen molar-refractivity contribution in [3.63, 3.8) is 0 Å². The van der Waals surface area contributed by atoms with Crippen LogP contribution in [-0.4, -0.2) is 59.0 Å². The maximum absolute atomic E-state index is 13.8. The Labute approximate surface area is 254 Å². The number of hydrogen-bond acceptors (Lipinski definition) is 3. The van der Waals surface area contributed by atoms with Gasteiger partial charge < -0.3 is 10.0 Å². The summed E-state index contributed by atoms with van der Waals surface area (Å²) in [6.45, 7) is 4.25. The molecule has 2 heterocycles. The lowest BCUT2D eigenvalue weighted by molar-refractivity contribution is -0.147. The molecule has 1 amide bonds. The van der Waals surface area contributed by atoms with Crippen molar-refractivity contribution in [3.8, 4) is 0 Å². The van der Waals surface area contributed by atoms with Crippen LogP contribution in [0.4, 0.5) is 0 Å². The summed E-state index contributed by atoms with van der Waals surface area (Å²) >= 11 is 25.7. The molecule has 9 heteroatoms. The number of benzene rings is 3. The fourth-order valence-electron chi connectivity index (χ4n) is 6.68. The van der Waals surface area contributed by atoms with Crippen LogP contribution in [0.5, 0.6) is 0 Å².